The number of para-hydroxylation sites is 4. The van der Waals surface area contributed by atoms with Crippen molar-refractivity contribution in [2.75, 3.05) is 0 Å². The Kier molecular flexibility index (Phi) is 8.78. The second kappa shape index (κ2) is 14.2. The zero-order chi connectivity index (χ0) is 36.0. The van der Waals surface area contributed by atoms with E-state index in [1.807, 2.05) is 48.5 Å². The van der Waals surface area contributed by atoms with Crippen LogP contribution in [0.4, 0.5) is 0 Å². The molecule has 4 nitrogen and oxygen atoms in total. The molecule has 0 saturated heterocycles. The highest BCUT2D eigenvalue weighted by atomic mass is 16.5. The molecule has 1 N–H and O–H groups in total. The van der Waals surface area contributed by atoms with Crippen molar-refractivity contribution < 1.29 is 9.68 Å². The van der Waals surface area contributed by atoms with Gasteiger partial charge in [-0.15, -0.1) is 0 Å². The van der Waals surface area contributed by atoms with Gasteiger partial charge in [-0.3, -0.25) is 0 Å². The van der Waals surface area contributed by atoms with Crippen LogP contribution in [0.5, 0.6) is 5.75 Å². The summed E-state index contributed by atoms with van der Waals surface area (Å²) in [6.07, 6.45) is 1.02. The minimum atomic E-state index is 0. The van der Waals surface area contributed by atoms with E-state index >= 15 is 0 Å². The largest absolute Gasteiger partial charge is 0.569 e. The van der Waals surface area contributed by atoms with Crippen molar-refractivity contribution in [3.05, 3.63) is 199 Å². The topological polar surface area (TPSA) is 39.3 Å². The van der Waals surface area contributed by atoms with Crippen molar-refractivity contribution in [2.24, 2.45) is 0 Å². The van der Waals surface area contributed by atoms with Crippen molar-refractivity contribution >= 4 is 51.3 Å². The van der Waals surface area contributed by atoms with Gasteiger partial charge in [0.25, 0.3) is 0 Å². The van der Waals surface area contributed by atoms with Gasteiger partial charge in [0.1, 0.15) is 5.75 Å². The molecule has 1 aliphatic rings. The van der Waals surface area contributed by atoms with Gasteiger partial charge in [0.2, 0.25) is 0 Å². The zero-order valence-electron chi connectivity index (χ0n) is 29.4. The molecule has 0 fully saturated rings. The van der Waals surface area contributed by atoms with Crippen LogP contribution in [0.1, 0.15) is 18.6 Å². The Labute approximate surface area is 321 Å². The first kappa shape index (κ1) is 34.0. The Balaban J connectivity index is 0.000000152. The standard InChI is InChI=1S/C31H21N.C18H13BNO2.CH4/c1-2-9-25(10-3-1)32-30-13-7-6-12-28(30)29-20-22(15-17-31(29)32)21-14-16-27-24(18-21)19-23-8-4-5-11-26(23)27;21-19-22-14-10-11-18-16(12-14)15-8-4-5-9-17(15)20(18)13-6-2-1-3-7-13;/h1-18,20H,19H2;1-12,21H;1H4. The molecule has 1 aliphatic carbocycles. The molecule has 1 radical (unpaired) electrons. The van der Waals surface area contributed by atoms with Crippen molar-refractivity contribution in [2.45, 2.75) is 13.8 Å². The third-order valence-electron chi connectivity index (χ3n) is 10.7. The molecule has 0 unspecified atom stereocenters. The van der Waals surface area contributed by atoms with Crippen molar-refractivity contribution in [1.82, 2.24) is 9.13 Å². The van der Waals surface area contributed by atoms with Crippen LogP contribution < -0.4 is 4.65 Å². The minimum absolute atomic E-state index is 0. The van der Waals surface area contributed by atoms with Crippen LogP contribution in [0.15, 0.2) is 188 Å². The van der Waals surface area contributed by atoms with Crippen LogP contribution in [0.3, 0.4) is 0 Å². The highest BCUT2D eigenvalue weighted by Crippen LogP contribution is 2.40. The number of aromatic nitrogens is 2. The lowest BCUT2D eigenvalue weighted by molar-refractivity contribution is 0.454. The lowest BCUT2D eigenvalue weighted by Gasteiger charge is -2.09. The Bertz CT molecular complexity index is 2980. The molecule has 263 valence electrons. The van der Waals surface area contributed by atoms with Crippen molar-refractivity contribution in [1.29, 1.82) is 0 Å². The molecule has 8 aromatic carbocycles. The molecule has 0 aliphatic heterocycles. The van der Waals surface area contributed by atoms with Gasteiger partial charge in [-0.2, -0.15) is 0 Å². The summed E-state index contributed by atoms with van der Waals surface area (Å²) in [6, 6.07) is 66.4. The van der Waals surface area contributed by atoms with E-state index in [0.29, 0.717) is 13.4 Å². The van der Waals surface area contributed by atoms with Gasteiger partial charge in [-0.1, -0.05) is 129 Å². The number of hydrogen-bond donors (Lipinski definition) is 1. The van der Waals surface area contributed by atoms with Gasteiger partial charge >= 0.3 is 7.69 Å². The maximum absolute atomic E-state index is 8.84. The SMILES string of the molecule is C.O[B]Oc1ccc2c(c1)c1ccccc1n2-c1ccccc1.c1ccc(-n2c3ccccc3c3cc(-c4ccc5c(c4)Cc4ccccc4-5)ccc32)cc1. The number of hydrogen-bond acceptors (Lipinski definition) is 2. The molecule has 10 aromatic rings. The molecule has 0 atom stereocenters. The van der Waals surface area contributed by atoms with Crippen LogP contribution in [0, 0.1) is 0 Å². The van der Waals surface area contributed by atoms with Crippen molar-refractivity contribution in [3.8, 4) is 39.4 Å². The molecular formula is C50H38BN2O2. The molecular weight excluding hydrogens is 671 g/mol. The molecule has 0 spiro atoms. The summed E-state index contributed by atoms with van der Waals surface area (Å²) >= 11 is 0. The normalized spacial score (nSPS) is 11.5. The van der Waals surface area contributed by atoms with E-state index in [9.17, 15) is 0 Å². The van der Waals surface area contributed by atoms with E-state index in [1.54, 1.807) is 0 Å². The number of fused-ring (bicyclic) bond motifs is 9. The van der Waals surface area contributed by atoms with E-state index in [1.165, 1.54) is 60.9 Å². The Morgan fingerprint density at radius 1 is 0.418 bits per heavy atom. The minimum Gasteiger partial charge on any atom is -0.537 e. The van der Waals surface area contributed by atoms with Gasteiger partial charge in [-0.05, 0) is 107 Å². The maximum atomic E-state index is 8.84. The molecule has 55 heavy (non-hydrogen) atoms. The Morgan fingerprint density at radius 3 is 1.56 bits per heavy atom. The second-order valence-electron chi connectivity index (χ2n) is 13.7. The van der Waals surface area contributed by atoms with E-state index < -0.39 is 0 Å². The second-order valence-corrected chi connectivity index (χ2v) is 13.7. The zero-order valence-corrected chi connectivity index (χ0v) is 29.4. The number of nitrogens with zero attached hydrogens (tertiary/aromatic N) is 2. The Morgan fingerprint density at radius 2 is 0.909 bits per heavy atom. The first-order valence-corrected chi connectivity index (χ1v) is 18.3. The summed E-state index contributed by atoms with van der Waals surface area (Å²) in [4.78, 5) is 0. The summed E-state index contributed by atoms with van der Waals surface area (Å²) in [5.74, 6) is 0.617. The number of rotatable bonds is 5. The fourth-order valence-electron chi connectivity index (χ4n) is 8.27. The van der Waals surface area contributed by atoms with E-state index in [2.05, 4.69) is 149 Å². The van der Waals surface area contributed by atoms with Crippen LogP contribution >= 0.6 is 0 Å². The molecule has 5 heteroatoms. The maximum Gasteiger partial charge on any atom is 0.569 e. The summed E-state index contributed by atoms with van der Waals surface area (Å²) in [6.45, 7) is 0. The Hall–Kier alpha value is -6.82. The van der Waals surface area contributed by atoms with E-state index in [0.717, 1.165) is 33.9 Å². The fourth-order valence-corrected chi connectivity index (χ4v) is 8.27. The third kappa shape index (κ3) is 5.86. The molecule has 0 saturated carbocycles. The summed E-state index contributed by atoms with van der Waals surface area (Å²) in [7, 11) is 0.706. The van der Waals surface area contributed by atoms with Gasteiger partial charge in [0.15, 0.2) is 0 Å². The van der Waals surface area contributed by atoms with Crippen LogP contribution in [0.25, 0.3) is 77.2 Å². The van der Waals surface area contributed by atoms with Crippen LogP contribution in [0.2, 0.25) is 0 Å². The van der Waals surface area contributed by atoms with E-state index in [-0.39, 0.29) is 7.43 Å². The fraction of sp³-hybridized carbons (Fsp3) is 0.0400. The highest BCUT2D eigenvalue weighted by Gasteiger charge is 2.19. The van der Waals surface area contributed by atoms with Gasteiger partial charge in [0, 0.05) is 32.9 Å². The lowest BCUT2D eigenvalue weighted by atomic mass is 9.98. The monoisotopic (exact) mass is 709 g/mol. The quantitative estimate of drug-likeness (QED) is 0.181. The van der Waals surface area contributed by atoms with Crippen LogP contribution in [-0.4, -0.2) is 21.8 Å². The molecule has 2 aromatic heterocycles. The molecule has 11 rings (SSSR count). The van der Waals surface area contributed by atoms with Gasteiger partial charge in [-0.25, -0.2) is 0 Å². The predicted molar refractivity (Wildman–Crippen MR) is 231 cm³/mol. The average molecular weight is 710 g/mol. The average Bonchev–Trinajstić information content (AvgIpc) is 3.89. The summed E-state index contributed by atoms with van der Waals surface area (Å²) in [5, 5.41) is 13.7. The molecule has 0 amide bonds. The highest BCUT2D eigenvalue weighted by molar-refractivity contribution is 6.17. The van der Waals surface area contributed by atoms with Crippen LogP contribution in [-0.2, 0) is 6.42 Å². The smallest absolute Gasteiger partial charge is 0.537 e. The number of benzene rings is 8. The van der Waals surface area contributed by atoms with Crippen molar-refractivity contribution in [3.63, 3.8) is 0 Å². The first-order valence-electron chi connectivity index (χ1n) is 18.3. The summed E-state index contributed by atoms with van der Waals surface area (Å²) < 4.78 is 9.70. The molecule has 2 heterocycles. The third-order valence-corrected chi connectivity index (χ3v) is 10.7. The van der Waals surface area contributed by atoms with Gasteiger partial charge < -0.3 is 18.8 Å². The molecule has 0 bridgehead atoms. The van der Waals surface area contributed by atoms with Gasteiger partial charge in [0.05, 0.1) is 22.1 Å². The predicted octanol–water partition coefficient (Wildman–Crippen LogP) is 12.3. The lowest BCUT2D eigenvalue weighted by Crippen LogP contribution is -1.99. The first-order chi connectivity index (χ1) is 26.7. The van der Waals surface area contributed by atoms with E-state index in [4.69, 9.17) is 9.68 Å². The summed E-state index contributed by atoms with van der Waals surface area (Å²) in [5.41, 5.74) is 15.2.